The molecule has 3 heterocycles. The van der Waals surface area contributed by atoms with Gasteiger partial charge in [0.25, 0.3) is 0 Å². The lowest BCUT2D eigenvalue weighted by atomic mass is 10.0. The molecule has 0 saturated heterocycles. The maximum atomic E-state index is 6.85. The zero-order valence-electron chi connectivity index (χ0n) is 31.5. The lowest BCUT2D eigenvalue weighted by Crippen LogP contribution is -2.72. The molecule has 272 valence electrons. The van der Waals surface area contributed by atoms with Gasteiger partial charge < -0.3 is 13.7 Å². The SMILES string of the molecule is c1ccc(-c2ccc(N(c3ccc4c(c3)[Si](c3ccccc3)(c3ccccc3)c3ccc5c(oc6ccccc65)c3-4)c3ccc4c(c3)oc3ccccc34)cc2)cc1. The van der Waals surface area contributed by atoms with Gasteiger partial charge in [-0.1, -0.05) is 158 Å². The Balaban J connectivity index is 1.14. The van der Waals surface area contributed by atoms with Gasteiger partial charge in [-0.3, -0.25) is 0 Å². The quantitative estimate of drug-likeness (QED) is 0.158. The Kier molecular flexibility index (Phi) is 7.25. The fourth-order valence-corrected chi connectivity index (χ4v) is 14.8. The standard InChI is InChI=1S/C54H35NO2Si/c1-4-14-36(15-5-1)37-24-26-38(27-25-37)55(39-28-30-45-43-20-10-12-22-48(43)56-50(45)34-39)40-29-31-47-52(35-40)58(41-16-6-2-7-17-41,42-18-8-3-9-19-42)51-33-32-46-44-21-11-13-23-49(44)57-54(46)53(47)51/h1-35H. The van der Waals surface area contributed by atoms with E-state index in [4.69, 9.17) is 8.83 Å². The molecule has 3 nitrogen and oxygen atoms in total. The van der Waals surface area contributed by atoms with E-state index in [-0.39, 0.29) is 0 Å². The molecule has 0 fully saturated rings. The predicted molar refractivity (Wildman–Crippen MR) is 244 cm³/mol. The number of nitrogens with zero attached hydrogens (tertiary/aromatic N) is 1. The summed E-state index contributed by atoms with van der Waals surface area (Å²) in [6.45, 7) is 0. The zero-order chi connectivity index (χ0) is 38.2. The number of fused-ring (bicyclic) bond motifs is 10. The zero-order valence-corrected chi connectivity index (χ0v) is 32.5. The number of rotatable bonds is 6. The van der Waals surface area contributed by atoms with Crippen molar-refractivity contribution in [2.75, 3.05) is 4.90 Å². The summed E-state index contributed by atoms with van der Waals surface area (Å²) in [5, 5.41) is 9.91. The van der Waals surface area contributed by atoms with E-state index >= 15 is 0 Å². The van der Waals surface area contributed by atoms with Gasteiger partial charge in [-0.25, -0.2) is 0 Å². The highest BCUT2D eigenvalue weighted by molar-refractivity contribution is 7.22. The Bertz CT molecular complexity index is 3290. The minimum atomic E-state index is -2.90. The average Bonchev–Trinajstić information content (AvgIpc) is 3.95. The van der Waals surface area contributed by atoms with Crippen LogP contribution in [0.1, 0.15) is 0 Å². The number of furan rings is 2. The van der Waals surface area contributed by atoms with E-state index < -0.39 is 8.07 Å². The van der Waals surface area contributed by atoms with Crippen LogP contribution in [0.5, 0.6) is 0 Å². The van der Waals surface area contributed by atoms with Gasteiger partial charge in [0.15, 0.2) is 8.07 Å². The highest BCUT2D eigenvalue weighted by Crippen LogP contribution is 2.43. The van der Waals surface area contributed by atoms with Crippen LogP contribution in [-0.2, 0) is 0 Å². The summed E-state index contributed by atoms with van der Waals surface area (Å²) in [4.78, 5) is 2.39. The Labute approximate surface area is 336 Å². The molecule has 0 N–H and O–H groups in total. The average molecular weight is 758 g/mol. The Morgan fingerprint density at radius 1 is 0.345 bits per heavy atom. The summed E-state index contributed by atoms with van der Waals surface area (Å²) in [6.07, 6.45) is 0. The molecule has 0 radical (unpaired) electrons. The van der Waals surface area contributed by atoms with Crippen molar-refractivity contribution in [1.82, 2.24) is 0 Å². The van der Waals surface area contributed by atoms with E-state index in [1.165, 1.54) is 43.0 Å². The van der Waals surface area contributed by atoms with Crippen LogP contribution < -0.4 is 25.6 Å². The maximum Gasteiger partial charge on any atom is 0.181 e. The van der Waals surface area contributed by atoms with Crippen molar-refractivity contribution in [3.8, 4) is 22.3 Å². The highest BCUT2D eigenvalue weighted by Gasteiger charge is 2.50. The summed E-state index contributed by atoms with van der Waals surface area (Å²) >= 11 is 0. The molecule has 12 rings (SSSR count). The summed E-state index contributed by atoms with van der Waals surface area (Å²) in [5.74, 6) is 0. The lowest BCUT2D eigenvalue weighted by molar-refractivity contribution is 0.669. The van der Waals surface area contributed by atoms with Crippen LogP contribution in [0.3, 0.4) is 0 Å². The first-order chi connectivity index (χ1) is 28.8. The molecular formula is C54H35NO2Si. The molecule has 2 aromatic heterocycles. The van der Waals surface area contributed by atoms with Crippen LogP contribution in [0, 0.1) is 0 Å². The van der Waals surface area contributed by atoms with E-state index in [0.717, 1.165) is 60.9 Å². The Morgan fingerprint density at radius 2 is 0.862 bits per heavy atom. The van der Waals surface area contributed by atoms with Crippen LogP contribution in [0.25, 0.3) is 66.1 Å². The molecule has 1 aliphatic rings. The van der Waals surface area contributed by atoms with Gasteiger partial charge >= 0.3 is 0 Å². The van der Waals surface area contributed by atoms with Crippen LogP contribution >= 0.6 is 0 Å². The molecule has 11 aromatic rings. The Morgan fingerprint density at radius 3 is 1.57 bits per heavy atom. The monoisotopic (exact) mass is 757 g/mol. The largest absolute Gasteiger partial charge is 0.456 e. The highest BCUT2D eigenvalue weighted by atomic mass is 28.3. The van der Waals surface area contributed by atoms with Gasteiger partial charge in [-0.2, -0.15) is 0 Å². The molecule has 1 aliphatic heterocycles. The van der Waals surface area contributed by atoms with E-state index in [0.29, 0.717) is 0 Å². The van der Waals surface area contributed by atoms with Crippen molar-refractivity contribution < 1.29 is 8.83 Å². The van der Waals surface area contributed by atoms with Gasteiger partial charge in [0.2, 0.25) is 0 Å². The molecule has 0 spiro atoms. The van der Waals surface area contributed by atoms with Crippen molar-refractivity contribution in [2.24, 2.45) is 0 Å². The number of hydrogen-bond acceptors (Lipinski definition) is 3. The third kappa shape index (κ3) is 4.79. The van der Waals surface area contributed by atoms with Gasteiger partial charge in [0.1, 0.15) is 22.3 Å². The summed E-state index contributed by atoms with van der Waals surface area (Å²) in [7, 11) is -2.90. The van der Waals surface area contributed by atoms with Gasteiger partial charge in [0, 0.05) is 50.2 Å². The molecule has 0 saturated carbocycles. The van der Waals surface area contributed by atoms with E-state index in [1.54, 1.807) is 0 Å². The van der Waals surface area contributed by atoms with Crippen LogP contribution in [0.4, 0.5) is 17.1 Å². The fourth-order valence-electron chi connectivity index (χ4n) is 9.61. The number of hydrogen-bond donors (Lipinski definition) is 0. The van der Waals surface area contributed by atoms with Crippen molar-refractivity contribution in [2.45, 2.75) is 0 Å². The summed E-state index contributed by atoms with van der Waals surface area (Å²) in [6, 6.07) is 77.0. The topological polar surface area (TPSA) is 29.5 Å². The number of para-hydroxylation sites is 2. The van der Waals surface area contributed by atoms with Crippen LogP contribution in [0.2, 0.25) is 0 Å². The molecule has 0 aliphatic carbocycles. The second-order valence-electron chi connectivity index (χ2n) is 15.2. The lowest BCUT2D eigenvalue weighted by Gasteiger charge is -2.32. The van der Waals surface area contributed by atoms with Gasteiger partial charge in [0.05, 0.1) is 0 Å². The summed E-state index contributed by atoms with van der Waals surface area (Å²) < 4.78 is 13.3. The molecule has 9 aromatic carbocycles. The van der Waals surface area contributed by atoms with E-state index in [1.807, 2.05) is 12.1 Å². The van der Waals surface area contributed by atoms with Crippen molar-refractivity contribution in [1.29, 1.82) is 0 Å². The molecule has 58 heavy (non-hydrogen) atoms. The van der Waals surface area contributed by atoms with Crippen LogP contribution in [0.15, 0.2) is 221 Å². The fraction of sp³-hybridized carbons (Fsp3) is 0. The third-order valence-electron chi connectivity index (χ3n) is 12.2. The van der Waals surface area contributed by atoms with Crippen LogP contribution in [-0.4, -0.2) is 8.07 Å². The minimum Gasteiger partial charge on any atom is -0.456 e. The first-order valence-electron chi connectivity index (χ1n) is 19.8. The molecule has 0 atom stereocenters. The smallest absolute Gasteiger partial charge is 0.181 e. The second-order valence-corrected chi connectivity index (χ2v) is 18.9. The first-order valence-corrected chi connectivity index (χ1v) is 21.8. The van der Waals surface area contributed by atoms with E-state index in [2.05, 4.69) is 205 Å². The van der Waals surface area contributed by atoms with Crippen molar-refractivity contribution in [3.63, 3.8) is 0 Å². The molecular weight excluding hydrogens is 723 g/mol. The Hall–Kier alpha value is -7.40. The molecule has 0 amide bonds. The molecule has 4 heteroatoms. The normalized spacial score (nSPS) is 13.0. The van der Waals surface area contributed by atoms with Crippen molar-refractivity contribution >= 4 is 89.8 Å². The van der Waals surface area contributed by atoms with E-state index in [9.17, 15) is 0 Å². The third-order valence-corrected chi connectivity index (χ3v) is 17.0. The second kappa shape index (κ2) is 12.8. The maximum absolute atomic E-state index is 6.85. The molecule has 0 unspecified atom stereocenters. The summed E-state index contributed by atoms with van der Waals surface area (Å²) in [5.41, 5.74) is 11.6. The number of anilines is 3. The predicted octanol–water partition coefficient (Wildman–Crippen LogP) is 12.0. The van der Waals surface area contributed by atoms with Crippen molar-refractivity contribution in [3.05, 3.63) is 212 Å². The number of benzene rings is 9. The van der Waals surface area contributed by atoms with Gasteiger partial charge in [-0.15, -0.1) is 0 Å². The molecule has 0 bridgehead atoms. The first kappa shape index (κ1) is 32.8. The van der Waals surface area contributed by atoms with Gasteiger partial charge in [-0.05, 0) is 86.0 Å². The minimum absolute atomic E-state index is 0.864.